The molecule has 0 unspecified atom stereocenters. The summed E-state index contributed by atoms with van der Waals surface area (Å²) in [5.74, 6) is 0.643. The van der Waals surface area contributed by atoms with E-state index >= 15 is 0 Å². The molecule has 1 saturated carbocycles. The van der Waals surface area contributed by atoms with E-state index in [0.29, 0.717) is 49.4 Å². The summed E-state index contributed by atoms with van der Waals surface area (Å²) in [6, 6.07) is 11.4. The average molecular weight is 501 g/mol. The molecule has 2 N–H and O–H groups in total. The van der Waals surface area contributed by atoms with Crippen molar-refractivity contribution >= 4 is 28.8 Å². The number of likely N-dealkylation sites (N-methyl/N-ethyl adjacent to an activating group) is 1. The van der Waals surface area contributed by atoms with E-state index in [2.05, 4.69) is 21.6 Å². The molecule has 0 spiro atoms. The van der Waals surface area contributed by atoms with Gasteiger partial charge in [-0.1, -0.05) is 24.3 Å². The Kier molecular flexibility index (Phi) is 5.87. The number of fused-ring (bicyclic) bond motifs is 2. The number of carbonyl (C=O) groups is 2. The first-order valence-corrected chi connectivity index (χ1v) is 12.9. The number of carbonyl (C=O) groups excluding carboxylic acids is 2. The van der Waals surface area contributed by atoms with E-state index < -0.39 is 5.54 Å². The standard InChI is InChI=1S/C28H29N5O4/c1-29-28(8-4-9-28)27(36)33-12-10-32(11-13-33)26(35)22-16-18(15-19-7-14-37-24(19)22)17-23-20-5-2-3-6-21(20)25(34)31-30-23/h2-3,5-6,12,15-16,29H,4,7-11,13-14,17H2,1H3/p+1. The lowest BCUT2D eigenvalue weighted by atomic mass is 9.76. The Labute approximate surface area is 214 Å². The number of nitrogens with zero attached hydrogens (tertiary/aromatic N) is 3. The predicted molar refractivity (Wildman–Crippen MR) is 139 cm³/mol. The smallest absolute Gasteiger partial charge is 0.406 e. The van der Waals surface area contributed by atoms with Crippen molar-refractivity contribution in [2.24, 2.45) is 0 Å². The van der Waals surface area contributed by atoms with Crippen LogP contribution in [0.25, 0.3) is 10.8 Å². The van der Waals surface area contributed by atoms with Crippen LogP contribution in [0.3, 0.4) is 0 Å². The topological polar surface area (TPSA) is 107 Å². The molecular weight excluding hydrogens is 470 g/mol. The summed E-state index contributed by atoms with van der Waals surface area (Å²) in [5.41, 5.74) is 2.57. The second kappa shape index (κ2) is 9.23. The largest absolute Gasteiger partial charge is 0.492 e. The number of hydrogen-bond acceptors (Lipinski definition) is 6. The highest BCUT2D eigenvalue weighted by atomic mass is 16.5. The van der Waals surface area contributed by atoms with Gasteiger partial charge in [0.05, 0.1) is 36.3 Å². The Morgan fingerprint density at radius 2 is 2.03 bits per heavy atom. The highest BCUT2D eigenvalue weighted by molar-refractivity contribution is 5.99. The lowest BCUT2D eigenvalue weighted by Gasteiger charge is -2.37. The highest BCUT2D eigenvalue weighted by Crippen LogP contribution is 2.34. The van der Waals surface area contributed by atoms with E-state index in [-0.39, 0.29) is 17.4 Å². The maximum atomic E-state index is 13.7. The van der Waals surface area contributed by atoms with Crippen LogP contribution in [-0.4, -0.2) is 76.5 Å². The van der Waals surface area contributed by atoms with Crippen LogP contribution in [0.5, 0.6) is 5.75 Å². The summed E-state index contributed by atoms with van der Waals surface area (Å²) in [5, 5.41) is 11.5. The van der Waals surface area contributed by atoms with Crippen LogP contribution in [0.4, 0.5) is 0 Å². The molecule has 2 amide bonds. The van der Waals surface area contributed by atoms with Crippen molar-refractivity contribution < 1.29 is 18.9 Å². The van der Waals surface area contributed by atoms with Gasteiger partial charge in [-0.2, -0.15) is 9.67 Å². The summed E-state index contributed by atoms with van der Waals surface area (Å²) in [7, 11) is 1.84. The number of aromatic nitrogens is 2. The zero-order valence-electron chi connectivity index (χ0n) is 20.9. The maximum Gasteiger partial charge on any atom is 0.406 e. The monoisotopic (exact) mass is 500 g/mol. The zero-order chi connectivity index (χ0) is 25.6. The normalized spacial score (nSPS) is 18.1. The second-order valence-corrected chi connectivity index (χ2v) is 10.1. The van der Waals surface area contributed by atoms with E-state index in [1.165, 1.54) is 0 Å². The Hall–Kier alpha value is -3.85. The number of hydrogen-bond donors (Lipinski definition) is 2. The quantitative estimate of drug-likeness (QED) is 0.516. The molecule has 0 atom stereocenters. The lowest BCUT2D eigenvalue weighted by Crippen LogP contribution is -2.60. The number of aromatic amines is 1. The molecule has 0 radical (unpaired) electrons. The van der Waals surface area contributed by atoms with Gasteiger partial charge in [0, 0.05) is 18.2 Å². The predicted octanol–water partition coefficient (Wildman–Crippen LogP) is 1.66. The Balaban J connectivity index is 1.27. The van der Waals surface area contributed by atoms with Crippen molar-refractivity contribution in [1.82, 2.24) is 20.4 Å². The van der Waals surface area contributed by atoms with Crippen molar-refractivity contribution in [3.63, 3.8) is 0 Å². The number of benzene rings is 2. The third kappa shape index (κ3) is 4.03. The van der Waals surface area contributed by atoms with Gasteiger partial charge in [0.1, 0.15) is 11.3 Å². The minimum atomic E-state index is -0.453. The molecule has 9 heteroatoms. The molecule has 6 rings (SSSR count). The Morgan fingerprint density at radius 1 is 1.22 bits per heavy atom. The van der Waals surface area contributed by atoms with E-state index in [4.69, 9.17) is 4.74 Å². The summed E-state index contributed by atoms with van der Waals surface area (Å²) in [6.07, 6.45) is 5.81. The van der Waals surface area contributed by atoms with Crippen LogP contribution in [0.1, 0.15) is 46.4 Å². The van der Waals surface area contributed by atoms with Gasteiger partial charge in [0.2, 0.25) is 0 Å². The van der Waals surface area contributed by atoms with Crippen LogP contribution >= 0.6 is 0 Å². The minimum Gasteiger partial charge on any atom is -0.492 e. The van der Waals surface area contributed by atoms with E-state index in [9.17, 15) is 14.4 Å². The van der Waals surface area contributed by atoms with Gasteiger partial charge in [-0.3, -0.25) is 9.59 Å². The number of nitrogens with one attached hydrogen (secondary N) is 2. The number of amides is 2. The summed E-state index contributed by atoms with van der Waals surface area (Å²) >= 11 is 0. The van der Waals surface area contributed by atoms with Crippen molar-refractivity contribution in [3.05, 3.63) is 69.1 Å². The number of rotatable bonds is 5. The summed E-state index contributed by atoms with van der Waals surface area (Å²) in [6.45, 7) is 1.85. The van der Waals surface area contributed by atoms with E-state index in [0.717, 1.165) is 47.9 Å². The molecule has 0 bridgehead atoms. The molecule has 0 saturated heterocycles. The summed E-state index contributed by atoms with van der Waals surface area (Å²) < 4.78 is 7.65. The minimum absolute atomic E-state index is 0.0974. The Morgan fingerprint density at radius 3 is 2.73 bits per heavy atom. The third-order valence-corrected chi connectivity index (χ3v) is 8.00. The molecule has 3 aliphatic rings. The van der Waals surface area contributed by atoms with E-state index in [1.54, 1.807) is 15.5 Å². The molecule has 3 aromatic rings. The number of ether oxygens (including phenoxy) is 1. The average Bonchev–Trinajstić information content (AvgIpc) is 3.38. The van der Waals surface area contributed by atoms with Crippen molar-refractivity contribution in [2.45, 2.75) is 37.6 Å². The van der Waals surface area contributed by atoms with Gasteiger partial charge in [0.25, 0.3) is 11.5 Å². The van der Waals surface area contributed by atoms with Gasteiger partial charge in [-0.25, -0.2) is 9.89 Å². The fourth-order valence-electron chi connectivity index (χ4n) is 5.66. The van der Waals surface area contributed by atoms with Crippen molar-refractivity contribution in [2.75, 3.05) is 33.3 Å². The lowest BCUT2D eigenvalue weighted by molar-refractivity contribution is -0.457. The molecule has 2 aromatic carbocycles. The second-order valence-electron chi connectivity index (χ2n) is 10.1. The van der Waals surface area contributed by atoms with Gasteiger partial charge in [-0.15, -0.1) is 0 Å². The fraction of sp³-hybridized carbons (Fsp3) is 0.393. The van der Waals surface area contributed by atoms with Crippen LogP contribution in [0.2, 0.25) is 0 Å². The Bertz CT molecular complexity index is 1500. The van der Waals surface area contributed by atoms with Crippen LogP contribution < -0.4 is 15.6 Å². The van der Waals surface area contributed by atoms with Gasteiger partial charge < -0.3 is 15.0 Å². The molecule has 190 valence electrons. The van der Waals surface area contributed by atoms with E-state index in [1.807, 2.05) is 37.5 Å². The molecule has 37 heavy (non-hydrogen) atoms. The zero-order valence-corrected chi connectivity index (χ0v) is 20.9. The third-order valence-electron chi connectivity index (χ3n) is 8.00. The first-order valence-electron chi connectivity index (χ1n) is 12.9. The highest BCUT2D eigenvalue weighted by Gasteiger charge is 2.49. The molecular formula is C28H30N5O4+. The molecule has 1 aromatic heterocycles. The fourth-order valence-corrected chi connectivity index (χ4v) is 5.66. The molecule has 1 aliphatic carbocycles. The number of H-pyrrole nitrogens is 1. The van der Waals surface area contributed by atoms with Crippen molar-refractivity contribution in [1.29, 1.82) is 0 Å². The molecule has 9 nitrogen and oxygen atoms in total. The molecule has 2 aliphatic heterocycles. The van der Waals surface area contributed by atoms with Crippen molar-refractivity contribution in [3.8, 4) is 5.75 Å². The first-order chi connectivity index (χ1) is 18.0. The summed E-state index contributed by atoms with van der Waals surface area (Å²) in [4.78, 5) is 40.7. The SMILES string of the molecule is CNC1(C(=O)[N+]2=CCN(C(=O)c3cc(Cc4n[nH]c(=O)c5ccccc45)cc4c3OCC4)CC2)CCC1. The van der Waals surface area contributed by atoms with Gasteiger partial charge >= 0.3 is 5.91 Å². The molecule has 3 heterocycles. The first kappa shape index (κ1) is 23.5. The van der Waals surface area contributed by atoms with Crippen LogP contribution in [0.15, 0.2) is 41.2 Å². The van der Waals surface area contributed by atoms with Crippen LogP contribution in [0, 0.1) is 0 Å². The molecule has 1 fully saturated rings. The van der Waals surface area contributed by atoms with Gasteiger partial charge in [0.15, 0.2) is 12.8 Å². The van der Waals surface area contributed by atoms with Gasteiger partial charge in [-0.05, 0) is 49.6 Å². The maximum absolute atomic E-state index is 13.7. The van der Waals surface area contributed by atoms with Crippen LogP contribution in [-0.2, 0) is 17.6 Å².